The summed E-state index contributed by atoms with van der Waals surface area (Å²) in [5, 5.41) is 9.77. The Morgan fingerprint density at radius 2 is 2.00 bits per heavy atom. The second-order valence-corrected chi connectivity index (χ2v) is 4.61. The van der Waals surface area contributed by atoms with Crippen molar-refractivity contribution in [2.75, 3.05) is 6.61 Å². The van der Waals surface area contributed by atoms with E-state index in [1.165, 1.54) is 0 Å². The number of rotatable bonds is 5. The quantitative estimate of drug-likeness (QED) is 0.754. The highest BCUT2D eigenvalue weighted by atomic mass is 16.6. The summed E-state index contributed by atoms with van der Waals surface area (Å²) in [5.74, 6) is 0.805. The van der Waals surface area contributed by atoms with E-state index < -0.39 is 0 Å². The molecule has 3 nitrogen and oxygen atoms in total. The Balaban J connectivity index is 2.55. The van der Waals surface area contributed by atoms with Gasteiger partial charge in [0.05, 0.1) is 12.6 Å². The largest absolute Gasteiger partial charge is 0.508 e. The zero-order valence-electron chi connectivity index (χ0n) is 10.4. The number of nitrogens with one attached hydrogen (secondary N) is 1. The van der Waals surface area contributed by atoms with Gasteiger partial charge in [0.25, 0.3) is 0 Å². The molecular formula is C13H21NO2. The van der Waals surface area contributed by atoms with Crippen LogP contribution in [0.2, 0.25) is 0 Å². The molecule has 0 aliphatic carbocycles. The lowest BCUT2D eigenvalue weighted by molar-refractivity contribution is 0.00368. The molecule has 0 aliphatic rings. The van der Waals surface area contributed by atoms with Gasteiger partial charge in [-0.25, -0.2) is 0 Å². The SMILES string of the molecule is Cc1ccc(C(C)NOCC(C)C)c(O)c1. The van der Waals surface area contributed by atoms with E-state index in [0.717, 1.165) is 11.1 Å². The van der Waals surface area contributed by atoms with Crippen LogP contribution >= 0.6 is 0 Å². The van der Waals surface area contributed by atoms with Crippen LogP contribution in [0.1, 0.15) is 37.9 Å². The summed E-state index contributed by atoms with van der Waals surface area (Å²) in [6.07, 6.45) is 0. The molecule has 1 aromatic rings. The third kappa shape index (κ3) is 3.83. The molecule has 1 rings (SSSR count). The summed E-state index contributed by atoms with van der Waals surface area (Å²) in [6, 6.07) is 5.64. The summed E-state index contributed by atoms with van der Waals surface area (Å²) in [5.41, 5.74) is 4.84. The van der Waals surface area contributed by atoms with Gasteiger partial charge in [-0.15, -0.1) is 0 Å². The van der Waals surface area contributed by atoms with Crippen molar-refractivity contribution in [1.82, 2.24) is 5.48 Å². The molecule has 0 bridgehead atoms. The van der Waals surface area contributed by atoms with Gasteiger partial charge in [-0.1, -0.05) is 26.0 Å². The van der Waals surface area contributed by atoms with E-state index in [-0.39, 0.29) is 6.04 Å². The highest BCUT2D eigenvalue weighted by molar-refractivity contribution is 5.37. The van der Waals surface area contributed by atoms with Crippen molar-refractivity contribution in [3.8, 4) is 5.75 Å². The third-order valence-electron chi connectivity index (χ3n) is 2.33. The molecule has 0 radical (unpaired) electrons. The zero-order chi connectivity index (χ0) is 12.1. The maximum atomic E-state index is 9.77. The highest BCUT2D eigenvalue weighted by Crippen LogP contribution is 2.24. The zero-order valence-corrected chi connectivity index (χ0v) is 10.4. The Hall–Kier alpha value is -1.06. The highest BCUT2D eigenvalue weighted by Gasteiger charge is 2.10. The minimum atomic E-state index is -0.0145. The molecular weight excluding hydrogens is 202 g/mol. The molecule has 0 spiro atoms. The first-order chi connectivity index (χ1) is 7.50. The standard InChI is InChI=1S/C13H21NO2/c1-9(2)8-16-14-11(4)12-6-5-10(3)7-13(12)15/h5-7,9,11,14-15H,8H2,1-4H3. The van der Waals surface area contributed by atoms with Crippen LogP contribution in [0.3, 0.4) is 0 Å². The van der Waals surface area contributed by atoms with Gasteiger partial charge in [0.1, 0.15) is 5.75 Å². The number of hydroxylamine groups is 1. The van der Waals surface area contributed by atoms with Crippen molar-refractivity contribution >= 4 is 0 Å². The fourth-order valence-electron chi connectivity index (χ4n) is 1.42. The Morgan fingerprint density at radius 1 is 1.31 bits per heavy atom. The van der Waals surface area contributed by atoms with E-state index in [1.54, 1.807) is 6.07 Å². The molecule has 0 heterocycles. The van der Waals surface area contributed by atoms with Gasteiger partial charge in [0.2, 0.25) is 0 Å². The minimum absolute atomic E-state index is 0.0145. The monoisotopic (exact) mass is 223 g/mol. The topological polar surface area (TPSA) is 41.5 Å². The first-order valence-corrected chi connectivity index (χ1v) is 5.67. The van der Waals surface area contributed by atoms with Gasteiger partial charge in [-0.3, -0.25) is 0 Å². The molecule has 0 saturated heterocycles. The van der Waals surface area contributed by atoms with Crippen LogP contribution in [0.5, 0.6) is 5.75 Å². The van der Waals surface area contributed by atoms with Crippen LogP contribution in [0.4, 0.5) is 0 Å². The summed E-state index contributed by atoms with van der Waals surface area (Å²) < 4.78 is 0. The molecule has 3 heteroatoms. The summed E-state index contributed by atoms with van der Waals surface area (Å²) >= 11 is 0. The number of phenols is 1. The van der Waals surface area contributed by atoms with E-state index >= 15 is 0 Å². The molecule has 0 aliphatic heterocycles. The molecule has 2 N–H and O–H groups in total. The Kier molecular flexibility index (Phi) is 4.77. The Labute approximate surface area is 97.4 Å². The lowest BCUT2D eigenvalue weighted by Crippen LogP contribution is -2.21. The lowest BCUT2D eigenvalue weighted by Gasteiger charge is -2.16. The first kappa shape index (κ1) is 13.0. The second kappa shape index (κ2) is 5.87. The van der Waals surface area contributed by atoms with Gasteiger partial charge in [-0.05, 0) is 31.4 Å². The van der Waals surface area contributed by atoms with E-state index in [4.69, 9.17) is 4.84 Å². The Bertz CT molecular complexity index is 337. The van der Waals surface area contributed by atoms with Crippen LogP contribution in [-0.4, -0.2) is 11.7 Å². The normalized spacial score (nSPS) is 13.1. The molecule has 1 aromatic carbocycles. The van der Waals surface area contributed by atoms with Crippen molar-refractivity contribution in [3.63, 3.8) is 0 Å². The van der Waals surface area contributed by atoms with Crippen LogP contribution < -0.4 is 5.48 Å². The van der Waals surface area contributed by atoms with Crippen molar-refractivity contribution in [1.29, 1.82) is 0 Å². The Morgan fingerprint density at radius 3 is 2.56 bits per heavy atom. The van der Waals surface area contributed by atoms with Crippen LogP contribution in [0.25, 0.3) is 0 Å². The molecule has 1 unspecified atom stereocenters. The number of hydrogen-bond acceptors (Lipinski definition) is 3. The minimum Gasteiger partial charge on any atom is -0.508 e. The average Bonchev–Trinajstić information content (AvgIpc) is 2.16. The van der Waals surface area contributed by atoms with Gasteiger partial charge >= 0.3 is 0 Å². The number of hydrogen-bond donors (Lipinski definition) is 2. The summed E-state index contributed by atoms with van der Waals surface area (Å²) in [4.78, 5) is 5.34. The van der Waals surface area contributed by atoms with Crippen molar-refractivity contribution in [3.05, 3.63) is 29.3 Å². The first-order valence-electron chi connectivity index (χ1n) is 5.67. The fourth-order valence-corrected chi connectivity index (χ4v) is 1.42. The van der Waals surface area contributed by atoms with E-state index in [1.807, 2.05) is 26.0 Å². The van der Waals surface area contributed by atoms with Crippen LogP contribution in [0, 0.1) is 12.8 Å². The van der Waals surface area contributed by atoms with Crippen molar-refractivity contribution in [2.45, 2.75) is 33.7 Å². The average molecular weight is 223 g/mol. The van der Waals surface area contributed by atoms with Crippen LogP contribution in [-0.2, 0) is 4.84 Å². The van der Waals surface area contributed by atoms with Crippen molar-refractivity contribution < 1.29 is 9.94 Å². The maximum Gasteiger partial charge on any atom is 0.120 e. The van der Waals surface area contributed by atoms with Crippen molar-refractivity contribution in [2.24, 2.45) is 5.92 Å². The third-order valence-corrected chi connectivity index (χ3v) is 2.33. The van der Waals surface area contributed by atoms with Crippen LogP contribution in [0.15, 0.2) is 18.2 Å². The van der Waals surface area contributed by atoms with E-state index in [0.29, 0.717) is 18.3 Å². The molecule has 90 valence electrons. The van der Waals surface area contributed by atoms with Gasteiger partial charge < -0.3 is 9.94 Å². The number of phenolic OH excluding ortho intramolecular Hbond substituents is 1. The van der Waals surface area contributed by atoms with Gasteiger partial charge in [0.15, 0.2) is 0 Å². The molecule has 0 aromatic heterocycles. The predicted molar refractivity (Wildman–Crippen MR) is 65.2 cm³/mol. The lowest BCUT2D eigenvalue weighted by atomic mass is 10.1. The molecule has 16 heavy (non-hydrogen) atoms. The molecule has 0 fully saturated rings. The predicted octanol–water partition coefficient (Wildman–Crippen LogP) is 2.94. The van der Waals surface area contributed by atoms with Gasteiger partial charge in [-0.2, -0.15) is 5.48 Å². The molecule has 0 amide bonds. The second-order valence-electron chi connectivity index (χ2n) is 4.61. The van der Waals surface area contributed by atoms with Gasteiger partial charge in [0, 0.05) is 5.56 Å². The smallest absolute Gasteiger partial charge is 0.120 e. The summed E-state index contributed by atoms with van der Waals surface area (Å²) in [6.45, 7) is 8.77. The molecule has 0 saturated carbocycles. The number of aromatic hydroxyl groups is 1. The van der Waals surface area contributed by atoms with E-state index in [2.05, 4.69) is 19.3 Å². The fraction of sp³-hybridized carbons (Fsp3) is 0.538. The molecule has 1 atom stereocenters. The number of aryl methyl sites for hydroxylation is 1. The number of benzene rings is 1. The summed E-state index contributed by atoms with van der Waals surface area (Å²) in [7, 11) is 0. The maximum absolute atomic E-state index is 9.77. The van der Waals surface area contributed by atoms with E-state index in [9.17, 15) is 5.11 Å².